The van der Waals surface area contributed by atoms with Crippen LogP contribution in [0, 0.1) is 0 Å². The molecule has 0 amide bonds. The number of fused-ring (bicyclic) bond motifs is 1. The minimum Gasteiger partial charge on any atom is -0.478 e. The Morgan fingerprint density at radius 1 is 0.800 bits per heavy atom. The van der Waals surface area contributed by atoms with Gasteiger partial charge in [-0.3, -0.25) is 0 Å². The fourth-order valence-corrected chi connectivity index (χ4v) is 8.85. The molecule has 0 bridgehead atoms. The molecule has 0 unspecified atom stereocenters. The molecular formula is C24H22N2O5S4. The summed E-state index contributed by atoms with van der Waals surface area (Å²) in [6.07, 6.45) is 2.58. The van der Waals surface area contributed by atoms with Gasteiger partial charge in [0.1, 0.15) is 0 Å². The maximum absolute atomic E-state index is 13.3. The lowest BCUT2D eigenvalue weighted by Crippen LogP contribution is -2.32. The third-order valence-electron chi connectivity index (χ3n) is 5.07. The minimum absolute atomic E-state index is 0.172. The summed E-state index contributed by atoms with van der Waals surface area (Å²) in [6, 6.07) is 24.7. The molecular weight excluding hydrogens is 525 g/mol. The van der Waals surface area contributed by atoms with Crippen molar-refractivity contribution in [2.24, 2.45) is 0 Å². The highest BCUT2D eigenvalue weighted by Crippen LogP contribution is 2.32. The first-order valence-electron chi connectivity index (χ1n) is 10.6. The summed E-state index contributed by atoms with van der Waals surface area (Å²) in [5.41, 5.74) is 1.10. The average Bonchev–Trinajstić information content (AvgIpc) is 3.29. The van der Waals surface area contributed by atoms with Gasteiger partial charge in [-0.25, -0.2) is 16.8 Å². The Morgan fingerprint density at radius 2 is 1.34 bits per heavy atom. The fraction of sp³-hybridized carbons (Fsp3) is 0.125. The van der Waals surface area contributed by atoms with Crippen LogP contribution in [0.5, 0.6) is 0 Å². The smallest absolute Gasteiger partial charge is 0.266 e. The van der Waals surface area contributed by atoms with Crippen molar-refractivity contribution in [1.82, 2.24) is 7.68 Å². The maximum atomic E-state index is 13.3. The molecule has 0 radical (unpaired) electrons. The maximum Gasteiger partial charge on any atom is 0.266 e. The van der Waals surface area contributed by atoms with Crippen LogP contribution < -0.4 is 0 Å². The van der Waals surface area contributed by atoms with Crippen molar-refractivity contribution < 1.29 is 21.6 Å². The highest BCUT2D eigenvalue weighted by atomic mass is 32.3. The Balaban J connectivity index is 1.48. The molecule has 0 N–H and O–H groups in total. The number of sulfonamides is 2. The Kier molecular flexibility index (Phi) is 7.92. The fourth-order valence-electron chi connectivity index (χ4n) is 3.40. The lowest BCUT2D eigenvalue weighted by atomic mass is 10.2. The number of ether oxygens (including phenoxy) is 1. The summed E-state index contributed by atoms with van der Waals surface area (Å²) in [5, 5.41) is 1.13. The molecule has 0 spiro atoms. The summed E-state index contributed by atoms with van der Waals surface area (Å²) in [4.78, 5) is -0.344. The third-order valence-corrected chi connectivity index (χ3v) is 11.1. The summed E-state index contributed by atoms with van der Waals surface area (Å²) >= 11 is 5.58. The monoisotopic (exact) mass is 546 g/mol. The second kappa shape index (κ2) is 10.9. The molecule has 182 valence electrons. The number of aryl methyl sites for hydroxylation is 1. The minimum atomic E-state index is -4.46. The number of hydrogen-bond acceptors (Lipinski definition) is 7. The largest absolute Gasteiger partial charge is 0.478 e. The molecule has 4 rings (SSSR count). The molecule has 1 aromatic heterocycles. The zero-order valence-corrected chi connectivity index (χ0v) is 21.7. The van der Waals surface area contributed by atoms with E-state index >= 15 is 0 Å². The van der Waals surface area contributed by atoms with E-state index in [0.717, 1.165) is 10.9 Å². The number of hydrogen-bond donors (Lipinski definition) is 0. The van der Waals surface area contributed by atoms with Crippen molar-refractivity contribution in [3.8, 4) is 0 Å². The van der Waals surface area contributed by atoms with E-state index in [2.05, 4.69) is 4.57 Å². The Hall–Kier alpha value is -2.70. The van der Waals surface area contributed by atoms with Gasteiger partial charge in [0, 0.05) is 30.2 Å². The van der Waals surface area contributed by atoms with E-state index in [-0.39, 0.29) is 20.8 Å². The molecule has 3 aromatic carbocycles. The van der Waals surface area contributed by atoms with E-state index in [1.165, 1.54) is 48.5 Å². The van der Waals surface area contributed by atoms with Gasteiger partial charge in [-0.2, -0.15) is 0 Å². The van der Waals surface area contributed by atoms with E-state index in [1.807, 2.05) is 36.5 Å². The molecule has 0 atom stereocenters. The lowest BCUT2D eigenvalue weighted by Gasteiger charge is -2.21. The van der Waals surface area contributed by atoms with Crippen LogP contribution in [-0.2, 0) is 31.3 Å². The van der Waals surface area contributed by atoms with Gasteiger partial charge in [-0.1, -0.05) is 54.6 Å². The van der Waals surface area contributed by atoms with Crippen LogP contribution in [0.15, 0.2) is 107 Å². The molecule has 35 heavy (non-hydrogen) atoms. The SMILES string of the molecule is O=S(=O)(c1ccccc1)N(SC(=S)OCCCn1ccc2ccccc21)S(=O)(=O)c1ccccc1. The molecule has 7 nitrogen and oxygen atoms in total. The normalized spacial score (nSPS) is 12.1. The van der Waals surface area contributed by atoms with E-state index in [0.29, 0.717) is 28.0 Å². The number of para-hydroxylation sites is 1. The predicted octanol–water partition coefficient (Wildman–Crippen LogP) is 5.06. The molecule has 4 aromatic rings. The van der Waals surface area contributed by atoms with E-state index in [1.54, 1.807) is 12.1 Å². The molecule has 0 fully saturated rings. The van der Waals surface area contributed by atoms with E-state index in [4.69, 9.17) is 17.0 Å². The average molecular weight is 547 g/mol. The Morgan fingerprint density at radius 3 is 1.94 bits per heavy atom. The zero-order valence-electron chi connectivity index (χ0n) is 18.4. The summed E-state index contributed by atoms with van der Waals surface area (Å²) in [7, 11) is -8.91. The number of thiocarbonyl (C=S) groups is 1. The van der Waals surface area contributed by atoms with Crippen LogP contribution in [0.4, 0.5) is 0 Å². The molecule has 11 heteroatoms. The highest BCUT2D eigenvalue weighted by molar-refractivity contribution is 8.31. The van der Waals surface area contributed by atoms with Crippen molar-refractivity contribution in [3.05, 3.63) is 97.2 Å². The molecule has 1 heterocycles. The number of benzene rings is 3. The van der Waals surface area contributed by atoms with Gasteiger partial charge in [0.05, 0.1) is 16.4 Å². The van der Waals surface area contributed by atoms with Crippen LogP contribution in [0.25, 0.3) is 10.9 Å². The van der Waals surface area contributed by atoms with Gasteiger partial charge in [0.25, 0.3) is 20.0 Å². The first kappa shape index (κ1) is 25.4. The van der Waals surface area contributed by atoms with Crippen molar-refractivity contribution >= 4 is 59.5 Å². The lowest BCUT2D eigenvalue weighted by molar-refractivity contribution is 0.306. The van der Waals surface area contributed by atoms with Crippen LogP contribution in [0.3, 0.4) is 0 Å². The Labute approximate surface area is 214 Å². The van der Waals surface area contributed by atoms with Crippen molar-refractivity contribution in [2.75, 3.05) is 6.61 Å². The topological polar surface area (TPSA) is 85.7 Å². The first-order valence-corrected chi connectivity index (χ1v) is 14.7. The van der Waals surface area contributed by atoms with Crippen molar-refractivity contribution in [1.29, 1.82) is 0 Å². The van der Waals surface area contributed by atoms with Crippen molar-refractivity contribution in [2.45, 2.75) is 22.8 Å². The summed E-state index contributed by atoms with van der Waals surface area (Å²) in [5.74, 6) is 0. The van der Waals surface area contributed by atoms with Gasteiger partial charge >= 0.3 is 0 Å². The highest BCUT2D eigenvalue weighted by Gasteiger charge is 2.39. The van der Waals surface area contributed by atoms with Crippen molar-refractivity contribution in [3.63, 3.8) is 0 Å². The quantitative estimate of drug-likeness (QED) is 0.165. The second-order valence-corrected chi connectivity index (χ2v) is 13.2. The van der Waals surface area contributed by atoms with Gasteiger partial charge in [-0.05, 0) is 63.5 Å². The van der Waals surface area contributed by atoms with Gasteiger partial charge in [-0.15, -0.1) is 0 Å². The second-order valence-electron chi connectivity index (χ2n) is 7.41. The first-order chi connectivity index (χ1) is 16.8. The molecule has 0 aliphatic carbocycles. The van der Waals surface area contributed by atoms with E-state index in [9.17, 15) is 16.8 Å². The number of nitrogens with zero attached hydrogens (tertiary/aromatic N) is 2. The van der Waals surface area contributed by atoms with Crippen LogP contribution in [-0.4, -0.2) is 35.5 Å². The van der Waals surface area contributed by atoms with Crippen LogP contribution in [0.2, 0.25) is 0 Å². The standard InChI is InChI=1S/C24H22N2O5S4/c27-34(28,21-11-3-1-4-12-21)26(35(29,30)22-13-5-2-6-14-22)33-24(32)31-19-9-17-25-18-16-20-10-7-8-15-23(20)25/h1-8,10-16,18H,9,17,19H2. The molecule has 0 aliphatic heterocycles. The van der Waals surface area contributed by atoms with Crippen LogP contribution >= 0.6 is 24.2 Å². The van der Waals surface area contributed by atoms with Crippen LogP contribution in [0.1, 0.15) is 6.42 Å². The van der Waals surface area contributed by atoms with Gasteiger partial charge < -0.3 is 9.30 Å². The van der Waals surface area contributed by atoms with E-state index < -0.39 is 20.0 Å². The predicted molar refractivity (Wildman–Crippen MR) is 142 cm³/mol. The molecule has 0 aliphatic rings. The molecule has 0 saturated carbocycles. The number of aromatic nitrogens is 1. The summed E-state index contributed by atoms with van der Waals surface area (Å²) in [6.45, 7) is 0.859. The summed E-state index contributed by atoms with van der Waals surface area (Å²) < 4.78 is 61.0. The number of rotatable bonds is 9. The Bertz CT molecular complexity index is 1450. The van der Waals surface area contributed by atoms with Gasteiger partial charge in [0.2, 0.25) is 4.38 Å². The molecule has 0 saturated heterocycles. The third kappa shape index (κ3) is 5.76. The zero-order chi connectivity index (χ0) is 24.9. The van der Waals surface area contributed by atoms with Gasteiger partial charge in [0.15, 0.2) is 0 Å².